The summed E-state index contributed by atoms with van der Waals surface area (Å²) in [6, 6.07) is 0. The Balaban J connectivity index is 1.58. The molecule has 1 aliphatic rings. The molecule has 0 atom stereocenters. The molecular weight excluding hydrogens is 345 g/mol. The average molecular weight is 374 g/mol. The Morgan fingerprint density at radius 1 is 1.27 bits per heavy atom. The van der Waals surface area contributed by atoms with Crippen LogP contribution in [0.4, 0.5) is 13.2 Å². The molecular formula is C17H29F3N6. The van der Waals surface area contributed by atoms with Crippen molar-refractivity contribution in [2.45, 2.75) is 38.9 Å². The van der Waals surface area contributed by atoms with Gasteiger partial charge in [-0.1, -0.05) is 0 Å². The molecule has 2 N–H and O–H groups in total. The van der Waals surface area contributed by atoms with Crippen molar-refractivity contribution in [3.63, 3.8) is 0 Å². The predicted molar refractivity (Wildman–Crippen MR) is 96.2 cm³/mol. The Hall–Kier alpha value is -1.77. The molecule has 1 aromatic heterocycles. The van der Waals surface area contributed by atoms with Crippen LogP contribution in [0.1, 0.15) is 24.8 Å². The highest BCUT2D eigenvalue weighted by atomic mass is 19.4. The summed E-state index contributed by atoms with van der Waals surface area (Å²) in [5.74, 6) is 1.21. The van der Waals surface area contributed by atoms with Crippen LogP contribution in [0.3, 0.4) is 0 Å². The zero-order valence-electron chi connectivity index (χ0n) is 15.5. The Morgan fingerprint density at radius 3 is 2.54 bits per heavy atom. The number of nitrogens with one attached hydrogen (secondary N) is 2. The molecule has 1 fully saturated rings. The summed E-state index contributed by atoms with van der Waals surface area (Å²) in [5, 5.41) is 10.7. The van der Waals surface area contributed by atoms with Gasteiger partial charge in [0, 0.05) is 26.3 Å². The molecule has 0 amide bonds. The number of likely N-dealkylation sites (tertiary alicyclic amines) is 1. The topological polar surface area (TPSA) is 57.5 Å². The number of aryl methyl sites for hydroxylation is 1. The maximum Gasteiger partial charge on any atom is 0.401 e. The number of aromatic nitrogens is 2. The fraction of sp³-hybridized carbons (Fsp3) is 0.765. The minimum atomic E-state index is -4.10. The zero-order valence-corrected chi connectivity index (χ0v) is 15.5. The van der Waals surface area contributed by atoms with Gasteiger partial charge in [0.15, 0.2) is 5.96 Å². The van der Waals surface area contributed by atoms with E-state index in [1.54, 1.807) is 7.05 Å². The molecule has 0 bridgehead atoms. The second kappa shape index (κ2) is 9.80. The highest BCUT2D eigenvalue weighted by Crippen LogP contribution is 2.23. The van der Waals surface area contributed by atoms with E-state index in [2.05, 4.69) is 20.7 Å². The third-order valence-electron chi connectivity index (χ3n) is 4.57. The van der Waals surface area contributed by atoms with Gasteiger partial charge in [-0.15, -0.1) is 0 Å². The number of hydrogen-bond acceptors (Lipinski definition) is 3. The maximum absolute atomic E-state index is 12.4. The first kappa shape index (κ1) is 20.5. The normalized spacial score (nSPS) is 17.5. The zero-order chi connectivity index (χ0) is 19.0. The number of aliphatic imine (C=N–C) groups is 1. The Morgan fingerprint density at radius 2 is 1.96 bits per heavy atom. The summed E-state index contributed by atoms with van der Waals surface area (Å²) in [5.41, 5.74) is 1.13. The van der Waals surface area contributed by atoms with E-state index in [4.69, 9.17) is 0 Å². The van der Waals surface area contributed by atoms with Crippen molar-refractivity contribution >= 4 is 5.96 Å². The molecule has 0 spiro atoms. The summed E-state index contributed by atoms with van der Waals surface area (Å²) in [4.78, 5) is 5.69. The summed E-state index contributed by atoms with van der Waals surface area (Å²) >= 11 is 0. The van der Waals surface area contributed by atoms with Crippen molar-refractivity contribution in [3.05, 3.63) is 18.0 Å². The lowest BCUT2D eigenvalue weighted by molar-refractivity contribution is -0.148. The van der Waals surface area contributed by atoms with E-state index in [1.807, 2.05) is 24.0 Å². The van der Waals surface area contributed by atoms with Gasteiger partial charge >= 0.3 is 6.18 Å². The van der Waals surface area contributed by atoms with Crippen molar-refractivity contribution in [1.29, 1.82) is 0 Å². The summed E-state index contributed by atoms with van der Waals surface area (Å²) < 4.78 is 39.1. The second-order valence-corrected chi connectivity index (χ2v) is 6.83. The summed E-state index contributed by atoms with van der Waals surface area (Å²) in [6.45, 7) is 4.52. The fourth-order valence-electron chi connectivity index (χ4n) is 3.18. The third-order valence-corrected chi connectivity index (χ3v) is 4.57. The first-order chi connectivity index (χ1) is 12.4. The summed E-state index contributed by atoms with van der Waals surface area (Å²) in [6.07, 6.45) is 2.31. The molecule has 148 valence electrons. The van der Waals surface area contributed by atoms with Gasteiger partial charge in [-0.25, -0.2) is 0 Å². The van der Waals surface area contributed by atoms with Crippen LogP contribution in [0.2, 0.25) is 0 Å². The number of halogens is 3. The molecule has 0 radical (unpaired) electrons. The van der Waals surface area contributed by atoms with Gasteiger partial charge in [-0.05, 0) is 50.8 Å². The number of guanidine groups is 1. The molecule has 1 aromatic rings. The van der Waals surface area contributed by atoms with Gasteiger partial charge in [0.2, 0.25) is 0 Å². The smallest absolute Gasteiger partial charge is 0.356 e. The minimum Gasteiger partial charge on any atom is -0.356 e. The Kier molecular flexibility index (Phi) is 7.74. The molecule has 0 saturated carbocycles. The van der Waals surface area contributed by atoms with Gasteiger partial charge < -0.3 is 10.6 Å². The van der Waals surface area contributed by atoms with Gasteiger partial charge in [-0.3, -0.25) is 14.6 Å². The van der Waals surface area contributed by atoms with Gasteiger partial charge in [0.25, 0.3) is 0 Å². The lowest BCUT2D eigenvalue weighted by Crippen LogP contribution is -2.42. The predicted octanol–water partition coefficient (Wildman–Crippen LogP) is 2.02. The number of nitrogens with zero attached hydrogens (tertiary/aromatic N) is 4. The van der Waals surface area contributed by atoms with Crippen molar-refractivity contribution in [1.82, 2.24) is 25.3 Å². The number of piperidine rings is 1. The van der Waals surface area contributed by atoms with E-state index >= 15 is 0 Å². The first-order valence-corrected chi connectivity index (χ1v) is 9.08. The standard InChI is InChI=1S/C17H29F3N6/c1-14-11-24-26(12-14)10-7-23-16(21-2)22-6-3-15-4-8-25(9-5-15)13-17(18,19)20/h11-12,15H,3-10,13H2,1-2H3,(H2,21,22,23). The van der Waals surface area contributed by atoms with Gasteiger partial charge in [0.05, 0.1) is 19.3 Å². The van der Waals surface area contributed by atoms with Gasteiger partial charge in [-0.2, -0.15) is 18.3 Å². The monoisotopic (exact) mass is 374 g/mol. The van der Waals surface area contributed by atoms with Crippen LogP contribution in [-0.2, 0) is 6.54 Å². The number of alkyl halides is 3. The van der Waals surface area contributed by atoms with Gasteiger partial charge in [0.1, 0.15) is 0 Å². The first-order valence-electron chi connectivity index (χ1n) is 9.08. The maximum atomic E-state index is 12.4. The Labute approximate surface area is 152 Å². The highest BCUT2D eigenvalue weighted by Gasteiger charge is 2.32. The molecule has 9 heteroatoms. The van der Waals surface area contributed by atoms with E-state index in [-0.39, 0.29) is 0 Å². The van der Waals surface area contributed by atoms with Crippen molar-refractivity contribution in [3.8, 4) is 0 Å². The lowest BCUT2D eigenvalue weighted by atomic mass is 9.93. The van der Waals surface area contributed by atoms with Crippen LogP contribution in [0, 0.1) is 12.8 Å². The van der Waals surface area contributed by atoms with Crippen LogP contribution in [-0.4, -0.2) is 66.6 Å². The molecule has 2 heterocycles. The molecule has 0 aliphatic carbocycles. The minimum absolute atomic E-state index is 0.470. The SMILES string of the molecule is CN=C(NCCC1CCN(CC(F)(F)F)CC1)NCCn1cc(C)cn1. The molecule has 1 saturated heterocycles. The van der Waals surface area contributed by atoms with E-state index < -0.39 is 12.7 Å². The number of hydrogen-bond donors (Lipinski definition) is 2. The van der Waals surface area contributed by atoms with Crippen molar-refractivity contribution in [2.75, 3.05) is 39.8 Å². The van der Waals surface area contributed by atoms with Crippen LogP contribution >= 0.6 is 0 Å². The van der Waals surface area contributed by atoms with E-state index in [9.17, 15) is 13.2 Å². The molecule has 26 heavy (non-hydrogen) atoms. The Bertz CT molecular complexity index is 561. The third kappa shape index (κ3) is 7.63. The van der Waals surface area contributed by atoms with Crippen LogP contribution in [0.15, 0.2) is 17.4 Å². The van der Waals surface area contributed by atoms with Crippen molar-refractivity contribution < 1.29 is 13.2 Å². The van der Waals surface area contributed by atoms with E-state index in [0.717, 1.165) is 50.4 Å². The average Bonchev–Trinajstić information content (AvgIpc) is 2.99. The molecule has 2 rings (SSSR count). The van der Waals surface area contributed by atoms with Crippen LogP contribution in [0.25, 0.3) is 0 Å². The van der Waals surface area contributed by atoms with E-state index in [1.165, 1.54) is 4.90 Å². The van der Waals surface area contributed by atoms with Crippen molar-refractivity contribution in [2.24, 2.45) is 10.9 Å². The molecule has 0 unspecified atom stereocenters. The fourth-order valence-corrected chi connectivity index (χ4v) is 3.18. The largest absolute Gasteiger partial charge is 0.401 e. The van der Waals surface area contributed by atoms with E-state index in [0.29, 0.717) is 19.0 Å². The molecule has 1 aliphatic heterocycles. The van der Waals surface area contributed by atoms with Crippen LogP contribution < -0.4 is 10.6 Å². The number of rotatable bonds is 7. The summed E-state index contributed by atoms with van der Waals surface area (Å²) in [7, 11) is 1.73. The molecule has 6 nitrogen and oxygen atoms in total. The molecule has 0 aromatic carbocycles. The highest BCUT2D eigenvalue weighted by molar-refractivity contribution is 5.79. The second-order valence-electron chi connectivity index (χ2n) is 6.83. The van der Waals surface area contributed by atoms with Crippen LogP contribution in [0.5, 0.6) is 0 Å². The quantitative estimate of drug-likeness (QED) is 0.566. The lowest BCUT2D eigenvalue weighted by Gasteiger charge is -2.32.